The number of aryl methyl sites for hydroxylation is 1. The highest BCUT2D eigenvalue weighted by Gasteiger charge is 1.95. The van der Waals surface area contributed by atoms with Crippen LogP contribution in [0.1, 0.15) is 12.8 Å². The monoisotopic (exact) mass is 204 g/mol. The molecule has 0 bridgehead atoms. The number of hydrogen-bond acceptors (Lipinski definition) is 2. The lowest BCUT2D eigenvalue weighted by Crippen LogP contribution is -1.84. The predicted molar refractivity (Wildman–Crippen MR) is 53.9 cm³/mol. The Morgan fingerprint density at radius 2 is 2.42 bits per heavy atom. The SMILES string of the molecule is Cn1cc(SCCCCCl)cn1. The minimum Gasteiger partial charge on any atom is -0.275 e. The van der Waals surface area contributed by atoms with E-state index in [2.05, 4.69) is 5.10 Å². The summed E-state index contributed by atoms with van der Waals surface area (Å²) in [5.41, 5.74) is 0. The van der Waals surface area contributed by atoms with Gasteiger partial charge in [0, 0.05) is 24.0 Å². The summed E-state index contributed by atoms with van der Waals surface area (Å²) in [7, 11) is 1.93. The van der Waals surface area contributed by atoms with E-state index in [1.807, 2.05) is 35.9 Å². The normalized spacial score (nSPS) is 10.5. The quantitative estimate of drug-likeness (QED) is 0.417. The van der Waals surface area contributed by atoms with Crippen molar-refractivity contribution in [2.75, 3.05) is 11.6 Å². The molecule has 0 N–H and O–H groups in total. The van der Waals surface area contributed by atoms with Crippen LogP contribution in [0.4, 0.5) is 0 Å². The van der Waals surface area contributed by atoms with Gasteiger partial charge < -0.3 is 0 Å². The summed E-state index contributed by atoms with van der Waals surface area (Å²) in [6.07, 6.45) is 6.22. The lowest BCUT2D eigenvalue weighted by atomic mass is 10.4. The van der Waals surface area contributed by atoms with Crippen molar-refractivity contribution < 1.29 is 0 Å². The van der Waals surface area contributed by atoms with Crippen molar-refractivity contribution in [3.05, 3.63) is 12.4 Å². The molecule has 0 aromatic carbocycles. The Morgan fingerprint density at radius 3 is 3.00 bits per heavy atom. The Kier molecular flexibility index (Phi) is 4.54. The molecule has 0 fully saturated rings. The van der Waals surface area contributed by atoms with Crippen LogP contribution in [0.2, 0.25) is 0 Å². The predicted octanol–water partition coefficient (Wildman–Crippen LogP) is 2.53. The molecule has 0 radical (unpaired) electrons. The number of rotatable bonds is 5. The molecule has 0 saturated carbocycles. The van der Waals surface area contributed by atoms with Crippen molar-refractivity contribution in [1.29, 1.82) is 0 Å². The van der Waals surface area contributed by atoms with E-state index in [1.165, 1.54) is 11.3 Å². The number of nitrogens with zero attached hydrogens (tertiary/aromatic N) is 2. The van der Waals surface area contributed by atoms with E-state index in [4.69, 9.17) is 11.6 Å². The fraction of sp³-hybridized carbons (Fsp3) is 0.625. The molecule has 68 valence electrons. The highest BCUT2D eigenvalue weighted by molar-refractivity contribution is 7.99. The minimum absolute atomic E-state index is 0.771. The van der Waals surface area contributed by atoms with E-state index in [0.29, 0.717) is 0 Å². The third kappa shape index (κ3) is 3.50. The third-order valence-corrected chi connectivity index (χ3v) is 2.78. The molecule has 0 aliphatic heterocycles. The van der Waals surface area contributed by atoms with Crippen LogP contribution in [0, 0.1) is 0 Å². The van der Waals surface area contributed by atoms with Crippen LogP contribution in [0.25, 0.3) is 0 Å². The highest BCUT2D eigenvalue weighted by atomic mass is 35.5. The molecule has 1 aromatic heterocycles. The summed E-state index contributed by atoms with van der Waals surface area (Å²) >= 11 is 7.40. The molecule has 1 aromatic rings. The van der Waals surface area contributed by atoms with Crippen LogP contribution in [0.5, 0.6) is 0 Å². The highest BCUT2D eigenvalue weighted by Crippen LogP contribution is 2.17. The number of aromatic nitrogens is 2. The molecule has 1 rings (SSSR count). The first kappa shape index (κ1) is 9.93. The Balaban J connectivity index is 2.15. The molecular weight excluding hydrogens is 192 g/mol. The zero-order valence-electron chi connectivity index (χ0n) is 7.16. The van der Waals surface area contributed by atoms with Crippen molar-refractivity contribution in [3.8, 4) is 0 Å². The molecule has 0 atom stereocenters. The Morgan fingerprint density at radius 1 is 1.58 bits per heavy atom. The number of hydrogen-bond donors (Lipinski definition) is 0. The minimum atomic E-state index is 0.771. The number of halogens is 1. The van der Waals surface area contributed by atoms with Gasteiger partial charge >= 0.3 is 0 Å². The van der Waals surface area contributed by atoms with Crippen molar-refractivity contribution >= 4 is 23.4 Å². The molecular formula is C8H13ClN2S. The topological polar surface area (TPSA) is 17.8 Å². The number of thioether (sulfide) groups is 1. The van der Waals surface area contributed by atoms with Crippen LogP contribution in [0.15, 0.2) is 17.3 Å². The smallest absolute Gasteiger partial charge is 0.0625 e. The maximum absolute atomic E-state index is 5.56. The van der Waals surface area contributed by atoms with Gasteiger partial charge in [-0.25, -0.2) is 0 Å². The molecule has 2 nitrogen and oxygen atoms in total. The van der Waals surface area contributed by atoms with Crippen LogP contribution in [0.3, 0.4) is 0 Å². The molecule has 1 heterocycles. The molecule has 12 heavy (non-hydrogen) atoms. The largest absolute Gasteiger partial charge is 0.275 e. The molecule has 0 saturated heterocycles. The summed E-state index contributed by atoms with van der Waals surface area (Å²) in [5.74, 6) is 1.91. The molecule has 0 amide bonds. The van der Waals surface area contributed by atoms with Crippen LogP contribution < -0.4 is 0 Å². The zero-order chi connectivity index (χ0) is 8.81. The first-order valence-electron chi connectivity index (χ1n) is 4.00. The van der Waals surface area contributed by atoms with Gasteiger partial charge in [0.25, 0.3) is 0 Å². The zero-order valence-corrected chi connectivity index (χ0v) is 8.74. The maximum atomic E-state index is 5.56. The standard InChI is InChI=1S/C8H13ClN2S/c1-11-7-8(6-10-11)12-5-3-2-4-9/h6-7H,2-5H2,1H3. The summed E-state index contributed by atoms with van der Waals surface area (Å²) < 4.78 is 1.82. The van der Waals surface area contributed by atoms with Crippen molar-refractivity contribution in [1.82, 2.24) is 9.78 Å². The first-order chi connectivity index (χ1) is 5.83. The van der Waals surface area contributed by atoms with Crippen molar-refractivity contribution in [2.24, 2.45) is 7.05 Å². The number of unbranched alkanes of at least 4 members (excludes halogenated alkanes) is 1. The van der Waals surface area contributed by atoms with E-state index in [-0.39, 0.29) is 0 Å². The second kappa shape index (κ2) is 5.49. The molecule has 0 unspecified atom stereocenters. The second-order valence-electron chi connectivity index (χ2n) is 2.59. The average molecular weight is 205 g/mol. The Labute approximate surface area is 82.3 Å². The van der Waals surface area contributed by atoms with Gasteiger partial charge in [-0.2, -0.15) is 5.10 Å². The van der Waals surface area contributed by atoms with E-state index >= 15 is 0 Å². The van der Waals surface area contributed by atoms with Gasteiger partial charge in [-0.1, -0.05) is 0 Å². The van der Waals surface area contributed by atoms with Crippen LogP contribution >= 0.6 is 23.4 Å². The van der Waals surface area contributed by atoms with Gasteiger partial charge in [-0.15, -0.1) is 23.4 Å². The van der Waals surface area contributed by atoms with E-state index in [9.17, 15) is 0 Å². The van der Waals surface area contributed by atoms with Crippen LogP contribution in [-0.2, 0) is 7.05 Å². The fourth-order valence-electron chi connectivity index (χ4n) is 0.860. The van der Waals surface area contributed by atoms with Gasteiger partial charge in [0.2, 0.25) is 0 Å². The third-order valence-electron chi connectivity index (χ3n) is 1.48. The molecule has 0 aliphatic carbocycles. The molecule has 0 spiro atoms. The number of alkyl halides is 1. The summed E-state index contributed by atoms with van der Waals surface area (Å²) in [4.78, 5) is 1.24. The van der Waals surface area contributed by atoms with Gasteiger partial charge in [0.05, 0.1) is 6.20 Å². The van der Waals surface area contributed by atoms with E-state index in [1.54, 1.807) is 0 Å². The maximum Gasteiger partial charge on any atom is 0.0625 e. The summed E-state index contributed by atoms with van der Waals surface area (Å²) in [6, 6.07) is 0. The van der Waals surface area contributed by atoms with Gasteiger partial charge in [0.1, 0.15) is 0 Å². The average Bonchev–Trinajstić information content (AvgIpc) is 2.45. The first-order valence-corrected chi connectivity index (χ1v) is 5.52. The van der Waals surface area contributed by atoms with E-state index in [0.717, 1.165) is 18.1 Å². The van der Waals surface area contributed by atoms with E-state index < -0.39 is 0 Å². The van der Waals surface area contributed by atoms with Crippen LogP contribution in [-0.4, -0.2) is 21.4 Å². The van der Waals surface area contributed by atoms with Gasteiger partial charge in [0.15, 0.2) is 0 Å². The summed E-state index contributed by atoms with van der Waals surface area (Å²) in [6.45, 7) is 0. The fourth-order valence-corrected chi connectivity index (χ4v) is 1.98. The Bertz CT molecular complexity index is 225. The lowest BCUT2D eigenvalue weighted by Gasteiger charge is -1.95. The van der Waals surface area contributed by atoms with Gasteiger partial charge in [-0.05, 0) is 18.6 Å². The Hall–Kier alpha value is -0.150. The van der Waals surface area contributed by atoms with Crippen molar-refractivity contribution in [2.45, 2.75) is 17.7 Å². The van der Waals surface area contributed by atoms with Gasteiger partial charge in [-0.3, -0.25) is 4.68 Å². The summed E-state index contributed by atoms with van der Waals surface area (Å²) in [5, 5.41) is 4.09. The molecule has 0 aliphatic rings. The second-order valence-corrected chi connectivity index (χ2v) is 4.14. The molecule has 4 heteroatoms. The lowest BCUT2D eigenvalue weighted by molar-refractivity contribution is 0.766. The van der Waals surface area contributed by atoms with Crippen molar-refractivity contribution in [3.63, 3.8) is 0 Å².